The van der Waals surface area contributed by atoms with E-state index in [1.54, 1.807) is 0 Å². The van der Waals surface area contributed by atoms with Crippen LogP contribution in [-0.4, -0.2) is 5.16 Å². The van der Waals surface area contributed by atoms with Crippen molar-refractivity contribution in [1.82, 2.24) is 5.16 Å². The molecule has 2 aromatic carbocycles. The number of rotatable bonds is 0. The molecule has 4 rings (SSSR count). The van der Waals surface area contributed by atoms with Gasteiger partial charge in [0, 0.05) is 39.1 Å². The van der Waals surface area contributed by atoms with E-state index in [1.807, 2.05) is 55.0 Å². The Morgan fingerprint density at radius 2 is 1.34 bits per heavy atom. The van der Waals surface area contributed by atoms with Gasteiger partial charge in [0.2, 0.25) is 5.54 Å². The smallest absolute Gasteiger partial charge is 0.262 e. The summed E-state index contributed by atoms with van der Waals surface area (Å²) in [6, 6.07) is 16.1. The molecule has 156 valence electrons. The first kappa shape index (κ1) is 22.8. The van der Waals surface area contributed by atoms with Crippen LogP contribution in [0.25, 0.3) is 21.8 Å². The fourth-order valence-electron chi connectivity index (χ4n) is 2.70. The van der Waals surface area contributed by atoms with Gasteiger partial charge in [-0.2, -0.15) is 0 Å². The minimum atomic E-state index is -4.94. The molecule has 2 aromatic heterocycles. The molecule has 0 aliphatic carbocycles. The predicted molar refractivity (Wildman–Crippen MR) is 94.9 cm³/mol. The second-order valence-electron chi connectivity index (χ2n) is 7.26. The molecule has 0 fully saturated rings. The van der Waals surface area contributed by atoms with Crippen molar-refractivity contribution in [3.8, 4) is 0 Å². The summed E-state index contributed by atoms with van der Waals surface area (Å²) in [6.45, 7) is 10.3. The first-order valence-electron chi connectivity index (χ1n) is 8.72. The molecule has 4 aromatic rings. The molecule has 0 atom stereocenters. The molecule has 0 radical (unpaired) electrons. The zero-order valence-corrected chi connectivity index (χ0v) is 17.6. The fourth-order valence-corrected chi connectivity index (χ4v) is 2.70. The largest absolute Gasteiger partial charge is 0.360 e. The molecule has 9 heteroatoms. The number of benzene rings is 2. The van der Waals surface area contributed by atoms with Crippen LogP contribution in [0.15, 0.2) is 57.6 Å². The van der Waals surface area contributed by atoms with Crippen molar-refractivity contribution < 1.29 is 42.7 Å². The monoisotopic (exact) mass is 422 g/mol. The number of para-hydroxylation sites is 1. The van der Waals surface area contributed by atoms with E-state index in [4.69, 9.17) is 27.7 Å². The molecule has 0 bridgehead atoms. The predicted octanol–water partition coefficient (Wildman–Crippen LogP) is 0.164. The minimum absolute atomic E-state index is 0.00609. The van der Waals surface area contributed by atoms with E-state index in [9.17, 15) is 0 Å². The molecule has 0 aliphatic rings. The van der Waals surface area contributed by atoms with E-state index in [1.165, 1.54) is 5.39 Å². The topological polar surface area (TPSA) is 135 Å². The van der Waals surface area contributed by atoms with Gasteiger partial charge in [-0.25, -0.2) is 23.2 Å². The molecule has 0 saturated carbocycles. The van der Waals surface area contributed by atoms with Crippen LogP contribution in [0.1, 0.15) is 32.3 Å². The van der Waals surface area contributed by atoms with Crippen LogP contribution in [-0.2, 0) is 5.54 Å². The van der Waals surface area contributed by atoms with Gasteiger partial charge in [-0.1, -0.05) is 29.4 Å². The summed E-state index contributed by atoms with van der Waals surface area (Å²) in [5.74, 6) is 1.87. The van der Waals surface area contributed by atoms with Gasteiger partial charge >= 0.3 is 0 Å². The van der Waals surface area contributed by atoms with Crippen molar-refractivity contribution in [1.29, 1.82) is 0 Å². The number of halogens is 1. The third kappa shape index (κ3) is 6.52. The summed E-state index contributed by atoms with van der Waals surface area (Å²) in [5, 5.41) is 6.14. The molecule has 0 N–H and O–H groups in total. The maximum absolute atomic E-state index is 8.49. The van der Waals surface area contributed by atoms with Crippen LogP contribution < -0.4 is 23.4 Å². The van der Waals surface area contributed by atoms with Crippen LogP contribution in [0.5, 0.6) is 0 Å². The van der Waals surface area contributed by atoms with E-state index in [-0.39, 0.29) is 5.54 Å². The van der Waals surface area contributed by atoms with Gasteiger partial charge in [0.05, 0.1) is 5.39 Å². The maximum atomic E-state index is 8.49. The second kappa shape index (κ2) is 8.89. The normalized spacial score (nSPS) is 11.6. The van der Waals surface area contributed by atoms with Gasteiger partial charge in [0.1, 0.15) is 11.3 Å². The van der Waals surface area contributed by atoms with Crippen molar-refractivity contribution >= 4 is 21.8 Å². The van der Waals surface area contributed by atoms with Gasteiger partial charge in [0.25, 0.3) is 5.52 Å². The number of aromatic nitrogens is 2. The standard InChI is InChI=1S/C12H16NO.C8H7NO.ClHO4/c1-9-10-7-5-6-8-11(10)13(14-9)12(2,3)4;1-6-7-4-2-3-5-8(7)9-10-6;2-1(3,4)5/h5-8H,1-4H3;2-5H,1H3;(H,2,3,4,5)/q+1;;/p-1. The van der Waals surface area contributed by atoms with Gasteiger partial charge in [-0.15, -0.1) is 10.2 Å². The van der Waals surface area contributed by atoms with Crippen molar-refractivity contribution in [2.45, 2.75) is 40.2 Å². The Morgan fingerprint density at radius 1 is 0.828 bits per heavy atom. The van der Waals surface area contributed by atoms with Gasteiger partial charge in [0.15, 0.2) is 5.76 Å². The maximum Gasteiger partial charge on any atom is 0.262 e. The molecule has 8 nitrogen and oxygen atoms in total. The Labute approximate surface area is 170 Å². The van der Waals surface area contributed by atoms with Crippen molar-refractivity contribution in [3.63, 3.8) is 0 Å². The lowest BCUT2D eigenvalue weighted by Crippen LogP contribution is -2.68. The highest BCUT2D eigenvalue weighted by atomic mass is 35.7. The SMILES string of the molecule is Cc1o[n+](C(C)(C)C)c2ccccc12.Cc1onc2ccccc12.[O-][Cl+3]([O-])([O-])[O-]. The lowest BCUT2D eigenvalue weighted by atomic mass is 10.1. The Balaban J connectivity index is 0.000000175. The number of aryl methyl sites for hydroxylation is 2. The van der Waals surface area contributed by atoms with E-state index >= 15 is 0 Å². The molecule has 0 unspecified atom stereocenters. The Bertz CT molecular complexity index is 1070. The third-order valence-corrected chi connectivity index (χ3v) is 3.90. The summed E-state index contributed by atoms with van der Waals surface area (Å²) in [7, 11) is -4.94. The lowest BCUT2D eigenvalue weighted by Gasteiger charge is -2.17. The average molecular weight is 423 g/mol. The number of nitrogens with zero attached hydrogens (tertiary/aromatic N) is 2. The van der Waals surface area contributed by atoms with Crippen LogP contribution >= 0.6 is 0 Å². The molecular weight excluding hydrogens is 400 g/mol. The van der Waals surface area contributed by atoms with Crippen molar-refractivity contribution in [2.24, 2.45) is 0 Å². The molecule has 0 aliphatic heterocycles. The highest BCUT2D eigenvalue weighted by molar-refractivity contribution is 5.79. The molecule has 0 spiro atoms. The Hall–Kier alpha value is -2.49. The third-order valence-electron chi connectivity index (χ3n) is 3.90. The Morgan fingerprint density at radius 3 is 1.90 bits per heavy atom. The second-order valence-corrected chi connectivity index (χ2v) is 8.02. The number of hydrogen-bond donors (Lipinski definition) is 0. The minimum Gasteiger partial charge on any atom is -0.360 e. The quantitative estimate of drug-likeness (QED) is 0.368. The van der Waals surface area contributed by atoms with Crippen molar-refractivity contribution in [2.75, 3.05) is 0 Å². The fraction of sp³-hybridized carbons (Fsp3) is 0.300. The summed E-state index contributed by atoms with van der Waals surface area (Å²) in [6.07, 6.45) is 0. The first-order valence-corrected chi connectivity index (χ1v) is 9.95. The van der Waals surface area contributed by atoms with Crippen LogP contribution in [0.4, 0.5) is 0 Å². The average Bonchev–Trinajstić information content (AvgIpc) is 3.16. The lowest BCUT2D eigenvalue weighted by molar-refractivity contribution is -2.00. The van der Waals surface area contributed by atoms with Crippen LogP contribution in [0, 0.1) is 24.1 Å². The molecular formula is C20H23ClN2O6. The molecule has 29 heavy (non-hydrogen) atoms. The zero-order valence-electron chi connectivity index (χ0n) is 16.8. The molecule has 0 amide bonds. The first-order chi connectivity index (χ1) is 13.4. The highest BCUT2D eigenvalue weighted by Gasteiger charge is 2.30. The summed E-state index contributed by atoms with van der Waals surface area (Å²) < 4.78 is 46.7. The molecule has 0 saturated heterocycles. The van der Waals surface area contributed by atoms with Gasteiger partial charge < -0.3 is 4.52 Å². The van der Waals surface area contributed by atoms with E-state index < -0.39 is 10.2 Å². The van der Waals surface area contributed by atoms with E-state index in [0.29, 0.717) is 0 Å². The van der Waals surface area contributed by atoms with Crippen LogP contribution in [0.3, 0.4) is 0 Å². The zero-order chi connectivity index (χ0) is 21.8. The number of fused-ring (bicyclic) bond motifs is 2. The summed E-state index contributed by atoms with van der Waals surface area (Å²) in [4.78, 5) is 0. The number of hydrogen-bond acceptors (Lipinski definition) is 7. The highest BCUT2D eigenvalue weighted by Crippen LogP contribution is 2.19. The summed E-state index contributed by atoms with van der Waals surface area (Å²) in [5.41, 5.74) is 2.09. The van der Waals surface area contributed by atoms with E-state index in [0.717, 1.165) is 27.9 Å². The van der Waals surface area contributed by atoms with Crippen molar-refractivity contribution in [3.05, 3.63) is 60.1 Å². The van der Waals surface area contributed by atoms with Gasteiger partial charge in [-0.05, 0) is 29.9 Å². The van der Waals surface area contributed by atoms with E-state index in [2.05, 4.69) is 38.1 Å². The summed E-state index contributed by atoms with van der Waals surface area (Å²) >= 11 is 0. The molecule has 2 heterocycles. The Kier molecular flexibility index (Phi) is 6.99. The van der Waals surface area contributed by atoms with Crippen LogP contribution in [0.2, 0.25) is 0 Å². The van der Waals surface area contributed by atoms with Gasteiger partial charge in [-0.3, -0.25) is 0 Å².